The number of hydrogen-bond acceptors (Lipinski definition) is 0. The second kappa shape index (κ2) is 17.3. The molecule has 0 aliphatic heterocycles. The Morgan fingerprint density at radius 1 is 0.519 bits per heavy atom. The smallest absolute Gasteiger partial charge is 0.214 e. The third-order valence-electron chi connectivity index (χ3n) is 3.21. The Balaban J connectivity index is 0.000000332. The van der Waals surface area contributed by atoms with Crippen molar-refractivity contribution in [3.8, 4) is 0 Å². The molecule has 0 aliphatic carbocycles. The molecule has 0 nitrogen and oxygen atoms in total. The third-order valence-corrected chi connectivity index (χ3v) is 3.21. The Morgan fingerprint density at radius 3 is 0.889 bits per heavy atom. The van der Waals surface area contributed by atoms with E-state index in [4.69, 9.17) is 0 Å². The normalized spacial score (nSPS) is 8.26. The van der Waals surface area contributed by atoms with Gasteiger partial charge in [0.2, 0.25) is 0 Å². The first-order valence-corrected chi connectivity index (χ1v) is 8.63. The molecule has 4 aromatic rings. The van der Waals surface area contributed by atoms with E-state index in [1.54, 1.807) is 0 Å². The van der Waals surface area contributed by atoms with Crippen LogP contribution in [0, 0.1) is 39.0 Å². The molecule has 0 heterocycles. The first-order valence-electron chi connectivity index (χ1n) is 8.63. The molecule has 0 atom stereocenters. The molecular weight excluding hydrogens is 404 g/mol. The zero-order valence-electron chi connectivity index (χ0n) is 16.3. The van der Waals surface area contributed by atoms with Crippen LogP contribution in [0.3, 0.4) is 0 Å². The van der Waals surface area contributed by atoms with Crippen LogP contribution < -0.4 is 0 Å². The quantitative estimate of drug-likeness (QED) is 0.270. The van der Waals surface area contributed by atoms with Crippen LogP contribution in [0.4, 0.5) is 0 Å². The van der Waals surface area contributed by atoms with Crippen LogP contribution in [-0.4, -0.2) is 0 Å². The zero-order valence-corrected chi connectivity index (χ0v) is 18.8. The molecule has 0 aliphatic rings. The Labute approximate surface area is 184 Å². The molecule has 27 heavy (non-hydrogen) atoms. The fourth-order valence-corrected chi connectivity index (χ4v) is 1.73. The van der Waals surface area contributed by atoms with Crippen molar-refractivity contribution in [2.24, 2.45) is 0 Å². The molecule has 0 bridgehead atoms. The minimum absolute atomic E-state index is 0. The summed E-state index contributed by atoms with van der Waals surface area (Å²) >= 11 is 0. The van der Waals surface area contributed by atoms with Crippen molar-refractivity contribution in [2.45, 2.75) is 20.8 Å². The maximum absolute atomic E-state index is 2.93. The van der Waals surface area contributed by atoms with Gasteiger partial charge in [-0.15, -0.1) is 0 Å². The van der Waals surface area contributed by atoms with Crippen LogP contribution in [0.2, 0.25) is 0 Å². The summed E-state index contributed by atoms with van der Waals surface area (Å²) in [6.45, 7) is 6.19. The molecule has 134 valence electrons. The summed E-state index contributed by atoms with van der Waals surface area (Å²) < 4.78 is 0. The van der Waals surface area contributed by atoms with E-state index in [9.17, 15) is 0 Å². The van der Waals surface area contributed by atoms with E-state index in [-0.39, 0.29) is 26.2 Å². The first-order chi connectivity index (χ1) is 12.7. The van der Waals surface area contributed by atoms with E-state index < -0.39 is 0 Å². The van der Waals surface area contributed by atoms with Crippen LogP contribution in [0.25, 0.3) is 0 Å². The summed E-state index contributed by atoms with van der Waals surface area (Å²) in [4.78, 5) is 0. The van der Waals surface area contributed by atoms with Crippen molar-refractivity contribution in [2.75, 3.05) is 0 Å². The van der Waals surface area contributed by atoms with E-state index in [1.165, 1.54) is 16.7 Å². The minimum Gasteiger partial charge on any atom is -0.214 e. The summed E-state index contributed by atoms with van der Waals surface area (Å²) in [7, 11) is 0. The molecule has 4 rings (SSSR count). The molecule has 0 fully saturated rings. The average Bonchev–Trinajstić information content (AvgIpc) is 3.25. The van der Waals surface area contributed by atoms with Gasteiger partial charge in [0.25, 0.3) is 0 Å². The summed E-state index contributed by atoms with van der Waals surface area (Å²) in [6, 6.07) is 42.4. The van der Waals surface area contributed by atoms with Crippen LogP contribution in [0.1, 0.15) is 16.7 Å². The number of aryl methyl sites for hydroxylation is 3. The summed E-state index contributed by atoms with van der Waals surface area (Å²) in [5.74, 6) is 0. The molecule has 4 aromatic carbocycles. The number of benzene rings is 3. The number of rotatable bonds is 0. The molecule has 0 aromatic heterocycles. The average molecular weight is 430 g/mol. The van der Waals surface area contributed by atoms with Gasteiger partial charge in [0.15, 0.2) is 0 Å². The van der Waals surface area contributed by atoms with E-state index in [0.717, 1.165) is 0 Å². The second-order valence-electron chi connectivity index (χ2n) is 5.69. The standard InChI is InChI=1S/3C7H7.C5H5.Zr/c3*1-7-5-3-2-4-6-7;1-2-4-5-3-1;/h3*3-6H,1H3;1-5H;/q4*-1;+4. The van der Waals surface area contributed by atoms with Gasteiger partial charge in [-0.2, -0.15) is 126 Å². The van der Waals surface area contributed by atoms with E-state index in [1.807, 2.05) is 103 Å². The third kappa shape index (κ3) is 15.8. The van der Waals surface area contributed by atoms with Gasteiger partial charge in [0.05, 0.1) is 0 Å². The van der Waals surface area contributed by atoms with Gasteiger partial charge >= 0.3 is 26.2 Å². The fraction of sp³-hybridized carbons (Fsp3) is 0.115. The molecule has 0 unspecified atom stereocenters. The Hall–Kier alpha value is -2.11. The van der Waals surface area contributed by atoms with Crippen molar-refractivity contribution in [1.29, 1.82) is 0 Å². The van der Waals surface area contributed by atoms with Crippen molar-refractivity contribution in [3.63, 3.8) is 0 Å². The van der Waals surface area contributed by atoms with Gasteiger partial charge in [-0.05, 0) is 0 Å². The van der Waals surface area contributed by atoms with Crippen LogP contribution in [0.5, 0.6) is 0 Å². The van der Waals surface area contributed by atoms with E-state index >= 15 is 0 Å². The summed E-state index contributed by atoms with van der Waals surface area (Å²) in [5.41, 5.74) is 3.87. The molecule has 0 spiro atoms. The Bertz CT molecular complexity index is 639. The van der Waals surface area contributed by atoms with E-state index in [2.05, 4.69) is 39.0 Å². The SMILES string of the molecule is Cc1cc[c-]cc1.Cc1cc[c-]cc1.Cc1cc[c-]cc1.[Zr+4].c1cc[cH-]c1. The second-order valence-corrected chi connectivity index (χ2v) is 5.69. The molecule has 1 heteroatoms. The Morgan fingerprint density at radius 2 is 0.778 bits per heavy atom. The van der Waals surface area contributed by atoms with Crippen LogP contribution >= 0.6 is 0 Å². The van der Waals surface area contributed by atoms with Gasteiger partial charge in [-0.25, -0.2) is 12.1 Å². The number of hydrogen-bond donors (Lipinski definition) is 0. The molecule has 0 saturated heterocycles. The van der Waals surface area contributed by atoms with Gasteiger partial charge in [0.1, 0.15) is 0 Å². The van der Waals surface area contributed by atoms with E-state index in [0.29, 0.717) is 0 Å². The predicted octanol–water partition coefficient (Wildman–Crippen LogP) is 6.79. The van der Waals surface area contributed by atoms with Gasteiger partial charge in [0, 0.05) is 0 Å². The van der Waals surface area contributed by atoms with Gasteiger partial charge in [-0.1, -0.05) is 20.8 Å². The van der Waals surface area contributed by atoms with Gasteiger partial charge in [-0.3, -0.25) is 0 Å². The molecule has 0 amide bonds. The largest absolute Gasteiger partial charge is 4.00 e. The van der Waals surface area contributed by atoms with Crippen molar-refractivity contribution < 1.29 is 26.2 Å². The maximum Gasteiger partial charge on any atom is 4.00 e. The first kappa shape index (κ1) is 24.9. The molecule has 0 saturated carbocycles. The molecule has 0 N–H and O–H groups in total. The fourth-order valence-electron chi connectivity index (χ4n) is 1.73. The minimum atomic E-state index is 0. The van der Waals surface area contributed by atoms with Crippen molar-refractivity contribution in [3.05, 3.63) is 138 Å². The van der Waals surface area contributed by atoms with Gasteiger partial charge < -0.3 is 0 Å². The predicted molar refractivity (Wildman–Crippen MR) is 112 cm³/mol. The maximum atomic E-state index is 2.93. The van der Waals surface area contributed by atoms with Crippen molar-refractivity contribution in [1.82, 2.24) is 0 Å². The summed E-state index contributed by atoms with van der Waals surface area (Å²) in [5, 5.41) is 0. The molecule has 0 radical (unpaired) electrons. The van der Waals surface area contributed by atoms with Crippen LogP contribution in [-0.2, 0) is 26.2 Å². The molecular formula is C26H26Zr. The Kier molecular flexibility index (Phi) is 16.0. The van der Waals surface area contributed by atoms with Crippen molar-refractivity contribution >= 4 is 0 Å². The topological polar surface area (TPSA) is 0 Å². The van der Waals surface area contributed by atoms with Crippen LogP contribution in [0.15, 0.2) is 103 Å². The summed E-state index contributed by atoms with van der Waals surface area (Å²) in [6.07, 6.45) is 0. The zero-order chi connectivity index (χ0) is 18.9. The monoisotopic (exact) mass is 428 g/mol.